The van der Waals surface area contributed by atoms with E-state index in [4.69, 9.17) is 0 Å². The molecular formula is C23H23N3O3. The average molecular weight is 389 g/mol. The van der Waals surface area contributed by atoms with Gasteiger partial charge in [0.2, 0.25) is 17.7 Å². The number of amides is 3. The summed E-state index contributed by atoms with van der Waals surface area (Å²) in [6, 6.07) is 21.9. The lowest BCUT2D eigenvalue weighted by Crippen LogP contribution is -2.47. The maximum atomic E-state index is 12.4. The van der Waals surface area contributed by atoms with Crippen LogP contribution in [0.25, 0.3) is 10.8 Å². The highest BCUT2D eigenvalue weighted by Gasteiger charge is 2.17. The SMILES string of the molecule is C[C@H](NC(=O)Cc1cccc2ccccc12)C(=O)NCC(=O)Nc1ccccc1. The molecule has 29 heavy (non-hydrogen) atoms. The van der Waals surface area contributed by atoms with Crippen LogP contribution in [-0.2, 0) is 20.8 Å². The predicted octanol–water partition coefficient (Wildman–Crippen LogP) is 2.64. The van der Waals surface area contributed by atoms with Crippen LogP contribution in [0.3, 0.4) is 0 Å². The molecule has 0 fully saturated rings. The molecule has 0 aliphatic heterocycles. The molecule has 3 aromatic rings. The van der Waals surface area contributed by atoms with Gasteiger partial charge in [-0.25, -0.2) is 0 Å². The number of nitrogens with one attached hydrogen (secondary N) is 3. The Kier molecular flexibility index (Phi) is 6.58. The second kappa shape index (κ2) is 9.50. The maximum absolute atomic E-state index is 12.4. The third kappa shape index (κ3) is 5.65. The lowest BCUT2D eigenvalue weighted by Gasteiger charge is -2.15. The van der Waals surface area contributed by atoms with Crippen molar-refractivity contribution in [2.75, 3.05) is 11.9 Å². The highest BCUT2D eigenvalue weighted by Crippen LogP contribution is 2.18. The van der Waals surface area contributed by atoms with Crippen molar-refractivity contribution in [3.63, 3.8) is 0 Å². The third-order valence-corrected chi connectivity index (χ3v) is 4.48. The molecule has 0 radical (unpaired) electrons. The highest BCUT2D eigenvalue weighted by atomic mass is 16.2. The Hall–Kier alpha value is -3.67. The normalized spacial score (nSPS) is 11.5. The van der Waals surface area contributed by atoms with Gasteiger partial charge in [0.15, 0.2) is 0 Å². The minimum Gasteiger partial charge on any atom is -0.345 e. The summed E-state index contributed by atoms with van der Waals surface area (Å²) < 4.78 is 0. The fraction of sp³-hybridized carbons (Fsp3) is 0.174. The van der Waals surface area contributed by atoms with Crippen molar-refractivity contribution in [2.24, 2.45) is 0 Å². The topological polar surface area (TPSA) is 87.3 Å². The van der Waals surface area contributed by atoms with Gasteiger partial charge in [0, 0.05) is 5.69 Å². The van der Waals surface area contributed by atoms with Gasteiger partial charge < -0.3 is 16.0 Å². The van der Waals surface area contributed by atoms with Crippen molar-refractivity contribution in [3.05, 3.63) is 78.4 Å². The second-order valence-corrected chi connectivity index (χ2v) is 6.74. The van der Waals surface area contributed by atoms with Crippen LogP contribution in [0.1, 0.15) is 12.5 Å². The van der Waals surface area contributed by atoms with E-state index >= 15 is 0 Å². The molecule has 0 spiro atoms. The molecule has 3 amide bonds. The zero-order valence-electron chi connectivity index (χ0n) is 16.1. The monoisotopic (exact) mass is 389 g/mol. The Morgan fingerprint density at radius 3 is 2.31 bits per heavy atom. The third-order valence-electron chi connectivity index (χ3n) is 4.48. The van der Waals surface area contributed by atoms with E-state index in [0.29, 0.717) is 5.69 Å². The van der Waals surface area contributed by atoms with Gasteiger partial charge in [-0.15, -0.1) is 0 Å². The minimum absolute atomic E-state index is 0.169. The Bertz CT molecular complexity index is 1010. The van der Waals surface area contributed by atoms with Gasteiger partial charge in [-0.1, -0.05) is 60.7 Å². The number of benzene rings is 3. The summed E-state index contributed by atoms with van der Waals surface area (Å²) in [5.41, 5.74) is 1.55. The number of para-hydroxylation sites is 1. The molecule has 3 N–H and O–H groups in total. The number of hydrogen-bond acceptors (Lipinski definition) is 3. The molecule has 0 bridgehead atoms. The first-order valence-electron chi connectivity index (χ1n) is 9.41. The van der Waals surface area contributed by atoms with Crippen molar-refractivity contribution < 1.29 is 14.4 Å². The van der Waals surface area contributed by atoms with Crippen molar-refractivity contribution in [2.45, 2.75) is 19.4 Å². The quantitative estimate of drug-likeness (QED) is 0.581. The van der Waals surface area contributed by atoms with Gasteiger partial charge in [0.05, 0.1) is 13.0 Å². The van der Waals surface area contributed by atoms with E-state index in [0.717, 1.165) is 16.3 Å². The average Bonchev–Trinajstić information content (AvgIpc) is 2.73. The molecule has 3 aromatic carbocycles. The molecular weight excluding hydrogens is 366 g/mol. The van der Waals surface area contributed by atoms with Crippen LogP contribution < -0.4 is 16.0 Å². The molecule has 0 heterocycles. The Balaban J connectivity index is 1.48. The van der Waals surface area contributed by atoms with Crippen molar-refractivity contribution in [1.82, 2.24) is 10.6 Å². The molecule has 0 aromatic heterocycles. The summed E-state index contributed by atoms with van der Waals surface area (Å²) in [4.78, 5) is 36.5. The number of anilines is 1. The van der Waals surface area contributed by atoms with Crippen molar-refractivity contribution in [3.8, 4) is 0 Å². The lowest BCUT2D eigenvalue weighted by molar-refractivity contribution is -0.129. The van der Waals surface area contributed by atoms with Crippen LogP contribution in [-0.4, -0.2) is 30.3 Å². The molecule has 0 saturated carbocycles. The Labute approximate surface area is 169 Å². The maximum Gasteiger partial charge on any atom is 0.243 e. The van der Waals surface area contributed by atoms with Crippen LogP contribution in [0.4, 0.5) is 5.69 Å². The van der Waals surface area contributed by atoms with E-state index in [1.807, 2.05) is 60.7 Å². The zero-order chi connectivity index (χ0) is 20.6. The van der Waals surface area contributed by atoms with Crippen molar-refractivity contribution >= 4 is 34.2 Å². The van der Waals surface area contributed by atoms with Gasteiger partial charge in [0.25, 0.3) is 0 Å². The van der Waals surface area contributed by atoms with E-state index in [1.165, 1.54) is 0 Å². The zero-order valence-corrected chi connectivity index (χ0v) is 16.1. The fourth-order valence-electron chi connectivity index (χ4n) is 3.02. The van der Waals surface area contributed by atoms with Crippen LogP contribution >= 0.6 is 0 Å². The predicted molar refractivity (Wildman–Crippen MR) is 113 cm³/mol. The number of hydrogen-bond donors (Lipinski definition) is 3. The molecule has 148 valence electrons. The van der Waals surface area contributed by atoms with Crippen LogP contribution in [0.5, 0.6) is 0 Å². The first-order valence-corrected chi connectivity index (χ1v) is 9.41. The summed E-state index contributed by atoms with van der Waals surface area (Å²) in [5, 5.41) is 9.98. The number of fused-ring (bicyclic) bond motifs is 1. The molecule has 0 saturated heterocycles. The number of carbonyl (C=O) groups excluding carboxylic acids is 3. The van der Waals surface area contributed by atoms with Gasteiger partial charge in [-0.05, 0) is 35.4 Å². The fourth-order valence-corrected chi connectivity index (χ4v) is 3.02. The van der Waals surface area contributed by atoms with E-state index in [9.17, 15) is 14.4 Å². The Morgan fingerprint density at radius 1 is 0.828 bits per heavy atom. The first-order chi connectivity index (χ1) is 14.0. The molecule has 1 atom stereocenters. The summed E-state index contributed by atoms with van der Waals surface area (Å²) in [5.74, 6) is -1.00. The van der Waals surface area contributed by atoms with Gasteiger partial charge in [-0.3, -0.25) is 14.4 Å². The van der Waals surface area contributed by atoms with Gasteiger partial charge in [-0.2, -0.15) is 0 Å². The second-order valence-electron chi connectivity index (χ2n) is 6.74. The van der Waals surface area contributed by atoms with E-state index in [2.05, 4.69) is 16.0 Å². The molecule has 0 aliphatic rings. The summed E-state index contributed by atoms with van der Waals surface area (Å²) in [6.45, 7) is 1.42. The van der Waals surface area contributed by atoms with Crippen LogP contribution in [0.15, 0.2) is 72.8 Å². The van der Waals surface area contributed by atoms with Crippen LogP contribution in [0.2, 0.25) is 0 Å². The minimum atomic E-state index is -0.748. The van der Waals surface area contributed by atoms with Gasteiger partial charge >= 0.3 is 0 Å². The summed E-state index contributed by atoms with van der Waals surface area (Å²) >= 11 is 0. The van der Waals surface area contributed by atoms with Crippen molar-refractivity contribution in [1.29, 1.82) is 0 Å². The Morgan fingerprint density at radius 2 is 1.52 bits per heavy atom. The molecule has 0 aliphatic carbocycles. The van der Waals surface area contributed by atoms with Crippen LogP contribution in [0, 0.1) is 0 Å². The highest BCUT2D eigenvalue weighted by molar-refractivity contribution is 5.96. The number of rotatable bonds is 7. The molecule has 6 nitrogen and oxygen atoms in total. The molecule has 3 rings (SSSR count). The molecule has 6 heteroatoms. The lowest BCUT2D eigenvalue weighted by atomic mass is 10.0. The standard InChI is InChI=1S/C23H23N3O3/c1-16(23(29)24-15-22(28)26-19-11-3-2-4-12-19)25-21(27)14-18-10-7-9-17-8-5-6-13-20(17)18/h2-13,16H,14-15H2,1H3,(H,24,29)(H,25,27)(H,26,28)/t16-/m0/s1. The molecule has 0 unspecified atom stereocenters. The van der Waals surface area contributed by atoms with Gasteiger partial charge in [0.1, 0.15) is 6.04 Å². The van der Waals surface area contributed by atoms with E-state index in [-0.39, 0.29) is 24.8 Å². The number of carbonyl (C=O) groups is 3. The smallest absolute Gasteiger partial charge is 0.243 e. The summed E-state index contributed by atoms with van der Waals surface area (Å²) in [6.07, 6.45) is 0.174. The summed E-state index contributed by atoms with van der Waals surface area (Å²) in [7, 11) is 0. The largest absolute Gasteiger partial charge is 0.345 e. The van der Waals surface area contributed by atoms with E-state index in [1.54, 1.807) is 19.1 Å². The first kappa shape index (κ1) is 20.1. The van der Waals surface area contributed by atoms with E-state index < -0.39 is 11.9 Å².